The standard InChI is InChI=1S/C22H26N2O5/c1-12-15-10-24-7-6-22(17-5-4-13(27-2)8-18(17)23-21(22)26)19(24)9-14(15)16(11-29-12)20(25)28-3/h4-5,8,11-12,14-15,19H,6-7,9-10H2,1-3H3,(H,23,26)/t12-,14-,15-,19+,22+/m0/s1. The highest BCUT2D eigenvalue weighted by molar-refractivity contribution is 6.07. The van der Waals surface area contributed by atoms with Gasteiger partial charge in [0.2, 0.25) is 5.91 Å². The van der Waals surface area contributed by atoms with E-state index < -0.39 is 5.41 Å². The number of methoxy groups -OCH3 is 2. The smallest absolute Gasteiger partial charge is 0.337 e. The summed E-state index contributed by atoms with van der Waals surface area (Å²) in [6, 6.07) is 5.88. The third-order valence-electron chi connectivity index (χ3n) is 7.44. The molecule has 2 fully saturated rings. The number of hydrogen-bond donors (Lipinski definition) is 1. The van der Waals surface area contributed by atoms with Gasteiger partial charge < -0.3 is 19.5 Å². The molecule has 1 amide bonds. The number of benzene rings is 1. The normalized spacial score (nSPS) is 35.1. The van der Waals surface area contributed by atoms with Gasteiger partial charge in [-0.3, -0.25) is 9.69 Å². The number of ether oxygens (including phenoxy) is 3. The van der Waals surface area contributed by atoms with Crippen molar-refractivity contribution in [2.24, 2.45) is 11.8 Å². The van der Waals surface area contributed by atoms with Gasteiger partial charge in [0.1, 0.15) is 5.75 Å². The molecule has 7 nitrogen and oxygen atoms in total. The maximum absolute atomic E-state index is 13.3. The molecule has 1 spiro atoms. The quantitative estimate of drug-likeness (QED) is 0.769. The second-order valence-corrected chi connectivity index (χ2v) is 8.51. The Bertz CT molecular complexity index is 912. The zero-order chi connectivity index (χ0) is 20.3. The van der Waals surface area contributed by atoms with Crippen LogP contribution in [0.25, 0.3) is 0 Å². The average Bonchev–Trinajstić information content (AvgIpc) is 3.25. The highest BCUT2D eigenvalue weighted by Gasteiger charge is 2.61. The molecule has 7 heteroatoms. The number of nitrogens with zero attached hydrogens (tertiary/aromatic N) is 1. The van der Waals surface area contributed by atoms with Crippen molar-refractivity contribution in [3.8, 4) is 5.75 Å². The zero-order valence-electron chi connectivity index (χ0n) is 16.9. The highest BCUT2D eigenvalue weighted by Crippen LogP contribution is 2.54. The van der Waals surface area contributed by atoms with E-state index in [4.69, 9.17) is 14.2 Å². The van der Waals surface area contributed by atoms with Crippen LogP contribution in [0.5, 0.6) is 5.75 Å². The van der Waals surface area contributed by atoms with Crippen LogP contribution in [-0.2, 0) is 24.5 Å². The second-order valence-electron chi connectivity index (χ2n) is 8.51. The van der Waals surface area contributed by atoms with Gasteiger partial charge in [0.15, 0.2) is 0 Å². The SMILES string of the molecule is COC(=O)C1=CO[C@@H](C)[C@@H]2CN3CC[C@]4(C(=O)Nc5cc(OC)ccc54)[C@H]3C[C@H]12. The minimum Gasteiger partial charge on any atom is -0.497 e. The van der Waals surface area contributed by atoms with Gasteiger partial charge in [0.05, 0.1) is 37.6 Å². The minimum absolute atomic E-state index is 0.0255. The molecule has 0 bridgehead atoms. The number of carbonyl (C=O) groups excluding carboxylic acids is 2. The number of esters is 1. The molecule has 0 unspecified atom stereocenters. The number of fused-ring (bicyclic) bond motifs is 5. The van der Waals surface area contributed by atoms with Crippen molar-refractivity contribution in [2.75, 3.05) is 32.6 Å². The predicted octanol–water partition coefficient (Wildman–Crippen LogP) is 2.07. The maximum atomic E-state index is 13.3. The molecule has 1 N–H and O–H groups in total. The lowest BCUT2D eigenvalue weighted by Gasteiger charge is -2.48. The molecule has 0 aromatic heterocycles. The molecule has 5 atom stereocenters. The summed E-state index contributed by atoms with van der Waals surface area (Å²) < 4.78 is 16.1. The molecule has 1 aromatic rings. The van der Waals surface area contributed by atoms with E-state index in [0.29, 0.717) is 5.57 Å². The molecule has 29 heavy (non-hydrogen) atoms. The first-order valence-corrected chi connectivity index (χ1v) is 10.2. The molecule has 154 valence electrons. The van der Waals surface area contributed by atoms with Crippen LogP contribution in [0.3, 0.4) is 0 Å². The molecular formula is C22H26N2O5. The van der Waals surface area contributed by atoms with Crippen LogP contribution in [0.15, 0.2) is 30.0 Å². The molecule has 2 saturated heterocycles. The number of piperidine rings is 1. The first-order chi connectivity index (χ1) is 14.0. The van der Waals surface area contributed by atoms with Crippen molar-refractivity contribution in [1.29, 1.82) is 0 Å². The van der Waals surface area contributed by atoms with Gasteiger partial charge in [-0.25, -0.2) is 4.79 Å². The Morgan fingerprint density at radius 3 is 2.93 bits per heavy atom. The Balaban J connectivity index is 1.54. The van der Waals surface area contributed by atoms with Crippen molar-refractivity contribution in [3.05, 3.63) is 35.6 Å². The van der Waals surface area contributed by atoms with E-state index in [2.05, 4.69) is 17.1 Å². The first kappa shape index (κ1) is 18.5. The van der Waals surface area contributed by atoms with Crippen molar-refractivity contribution < 1.29 is 23.8 Å². The van der Waals surface area contributed by atoms with Crippen LogP contribution in [0.2, 0.25) is 0 Å². The summed E-state index contributed by atoms with van der Waals surface area (Å²) >= 11 is 0. The lowest BCUT2D eigenvalue weighted by atomic mass is 9.66. The van der Waals surface area contributed by atoms with E-state index >= 15 is 0 Å². The average molecular weight is 398 g/mol. The summed E-state index contributed by atoms with van der Waals surface area (Å²) in [6.45, 7) is 3.72. The van der Waals surface area contributed by atoms with Crippen molar-refractivity contribution in [2.45, 2.75) is 37.3 Å². The number of carbonyl (C=O) groups is 2. The molecule has 1 aromatic carbocycles. The van der Waals surface area contributed by atoms with Crippen molar-refractivity contribution >= 4 is 17.6 Å². The Labute approximate surface area is 170 Å². The molecule has 5 rings (SSSR count). The minimum atomic E-state index is -0.588. The Hall–Kier alpha value is -2.54. The van der Waals surface area contributed by atoms with Crippen LogP contribution in [-0.4, -0.2) is 56.2 Å². The van der Waals surface area contributed by atoms with Crippen LogP contribution < -0.4 is 10.1 Å². The summed E-state index contributed by atoms with van der Waals surface area (Å²) in [5, 5.41) is 3.09. The van der Waals surface area contributed by atoms with E-state index in [1.807, 2.05) is 18.2 Å². The van der Waals surface area contributed by atoms with Gasteiger partial charge in [-0.2, -0.15) is 0 Å². The molecule has 0 aliphatic carbocycles. The molecule has 4 heterocycles. The number of anilines is 1. The van der Waals surface area contributed by atoms with Gasteiger partial charge in [-0.15, -0.1) is 0 Å². The van der Waals surface area contributed by atoms with Gasteiger partial charge >= 0.3 is 5.97 Å². The fourth-order valence-electron chi connectivity index (χ4n) is 5.93. The van der Waals surface area contributed by atoms with Gasteiger partial charge in [-0.1, -0.05) is 6.07 Å². The summed E-state index contributed by atoms with van der Waals surface area (Å²) in [6.07, 6.45) is 3.11. The number of amides is 1. The molecule has 0 saturated carbocycles. The monoisotopic (exact) mass is 398 g/mol. The van der Waals surface area contributed by atoms with Crippen LogP contribution in [0.4, 0.5) is 5.69 Å². The summed E-state index contributed by atoms with van der Waals surface area (Å²) in [7, 11) is 3.02. The lowest BCUT2D eigenvalue weighted by molar-refractivity contribution is -0.139. The van der Waals surface area contributed by atoms with Gasteiger partial charge in [-0.05, 0) is 37.9 Å². The third kappa shape index (κ3) is 2.46. The molecular weight excluding hydrogens is 372 g/mol. The Morgan fingerprint density at radius 2 is 2.17 bits per heavy atom. The summed E-state index contributed by atoms with van der Waals surface area (Å²) in [5.41, 5.74) is 1.88. The maximum Gasteiger partial charge on any atom is 0.337 e. The summed E-state index contributed by atoms with van der Waals surface area (Å²) in [5.74, 6) is 0.676. The number of hydrogen-bond acceptors (Lipinski definition) is 6. The van der Waals surface area contributed by atoms with Crippen LogP contribution >= 0.6 is 0 Å². The van der Waals surface area contributed by atoms with E-state index in [0.717, 1.165) is 42.9 Å². The molecule has 4 aliphatic heterocycles. The first-order valence-electron chi connectivity index (χ1n) is 10.2. The van der Waals surface area contributed by atoms with Crippen molar-refractivity contribution in [1.82, 2.24) is 4.90 Å². The van der Waals surface area contributed by atoms with E-state index in [1.165, 1.54) is 7.11 Å². The Morgan fingerprint density at radius 1 is 1.34 bits per heavy atom. The molecule has 0 radical (unpaired) electrons. The van der Waals surface area contributed by atoms with Gasteiger partial charge in [0.25, 0.3) is 0 Å². The van der Waals surface area contributed by atoms with Crippen LogP contribution in [0, 0.1) is 11.8 Å². The second kappa shape index (κ2) is 6.49. The summed E-state index contributed by atoms with van der Waals surface area (Å²) in [4.78, 5) is 28.1. The van der Waals surface area contributed by atoms with E-state index in [1.54, 1.807) is 13.4 Å². The third-order valence-corrected chi connectivity index (χ3v) is 7.44. The fourth-order valence-corrected chi connectivity index (χ4v) is 5.93. The molecule has 4 aliphatic rings. The lowest BCUT2D eigenvalue weighted by Crippen LogP contribution is -2.56. The zero-order valence-corrected chi connectivity index (χ0v) is 16.9. The highest BCUT2D eigenvalue weighted by atomic mass is 16.5. The van der Waals surface area contributed by atoms with Gasteiger partial charge in [0, 0.05) is 36.2 Å². The largest absolute Gasteiger partial charge is 0.497 e. The van der Waals surface area contributed by atoms with Crippen LogP contribution in [0.1, 0.15) is 25.3 Å². The number of nitrogens with one attached hydrogen (secondary N) is 1. The van der Waals surface area contributed by atoms with E-state index in [-0.39, 0.29) is 35.9 Å². The topological polar surface area (TPSA) is 77.1 Å². The van der Waals surface area contributed by atoms with Crippen molar-refractivity contribution in [3.63, 3.8) is 0 Å². The fraction of sp³-hybridized carbons (Fsp3) is 0.545. The van der Waals surface area contributed by atoms with E-state index in [9.17, 15) is 9.59 Å². The predicted molar refractivity (Wildman–Crippen MR) is 106 cm³/mol. The number of rotatable bonds is 2. The Kier molecular flexibility index (Phi) is 4.13.